The SMILES string of the molecule is CN1C(N)=NC(=O)C12OS(=O)(=O)O2. The van der Waals surface area contributed by atoms with Gasteiger partial charge in [-0.25, -0.2) is 0 Å². The molecule has 0 aromatic carbocycles. The summed E-state index contributed by atoms with van der Waals surface area (Å²) < 4.78 is 29.7. The minimum Gasteiger partial charge on any atom is -0.369 e. The van der Waals surface area contributed by atoms with E-state index in [1.165, 1.54) is 7.05 Å². The Balaban J connectivity index is 2.35. The van der Waals surface area contributed by atoms with Crippen LogP contribution < -0.4 is 5.73 Å². The fraction of sp³-hybridized carbons (Fsp3) is 0.500. The maximum atomic E-state index is 11.1. The van der Waals surface area contributed by atoms with Crippen LogP contribution in [0.25, 0.3) is 0 Å². The molecular formula is C4H5N3O5S. The molecule has 0 unspecified atom stereocenters. The summed E-state index contributed by atoms with van der Waals surface area (Å²) in [6, 6.07) is 0. The van der Waals surface area contributed by atoms with Gasteiger partial charge in [-0.3, -0.25) is 9.69 Å². The topological polar surface area (TPSA) is 111 Å². The van der Waals surface area contributed by atoms with Gasteiger partial charge in [0.1, 0.15) is 0 Å². The van der Waals surface area contributed by atoms with Crippen LogP contribution in [0.3, 0.4) is 0 Å². The van der Waals surface area contributed by atoms with E-state index in [9.17, 15) is 13.2 Å². The number of amides is 1. The van der Waals surface area contributed by atoms with E-state index in [0.717, 1.165) is 4.90 Å². The van der Waals surface area contributed by atoms with Crippen molar-refractivity contribution in [2.75, 3.05) is 7.05 Å². The number of aliphatic imine (C=N–C) groups is 1. The van der Waals surface area contributed by atoms with Crippen LogP contribution in [0.15, 0.2) is 4.99 Å². The quantitative estimate of drug-likeness (QED) is 0.476. The number of carbonyl (C=O) groups excluding carboxylic acids is 1. The van der Waals surface area contributed by atoms with E-state index < -0.39 is 22.2 Å². The predicted molar refractivity (Wildman–Crippen MR) is 38.2 cm³/mol. The number of hydrogen-bond donors (Lipinski definition) is 1. The maximum Gasteiger partial charge on any atom is 0.409 e. The molecule has 1 saturated heterocycles. The van der Waals surface area contributed by atoms with Crippen molar-refractivity contribution in [3.63, 3.8) is 0 Å². The number of hydrogen-bond acceptors (Lipinski definition) is 7. The lowest BCUT2D eigenvalue weighted by Gasteiger charge is -2.37. The van der Waals surface area contributed by atoms with Crippen LogP contribution in [0.2, 0.25) is 0 Å². The molecule has 0 aromatic heterocycles. The Morgan fingerprint density at radius 3 is 2.38 bits per heavy atom. The number of nitrogens with two attached hydrogens (primary N) is 1. The smallest absolute Gasteiger partial charge is 0.369 e. The molecule has 72 valence electrons. The average molecular weight is 207 g/mol. The van der Waals surface area contributed by atoms with Crippen molar-refractivity contribution in [3.05, 3.63) is 0 Å². The van der Waals surface area contributed by atoms with Crippen molar-refractivity contribution in [3.8, 4) is 0 Å². The van der Waals surface area contributed by atoms with Crippen LogP contribution in [-0.4, -0.2) is 38.1 Å². The van der Waals surface area contributed by atoms with Gasteiger partial charge in [-0.05, 0) is 0 Å². The fourth-order valence-electron chi connectivity index (χ4n) is 1.01. The Bertz CT molecular complexity index is 399. The number of rotatable bonds is 0. The van der Waals surface area contributed by atoms with Gasteiger partial charge < -0.3 is 5.73 Å². The Morgan fingerprint density at radius 1 is 1.54 bits per heavy atom. The third kappa shape index (κ3) is 0.884. The zero-order valence-electron chi connectivity index (χ0n) is 6.42. The minimum atomic E-state index is -4.05. The zero-order valence-corrected chi connectivity index (χ0v) is 7.24. The highest BCUT2D eigenvalue weighted by molar-refractivity contribution is 7.83. The van der Waals surface area contributed by atoms with Crippen molar-refractivity contribution in [1.82, 2.24) is 4.90 Å². The molecule has 9 heteroatoms. The van der Waals surface area contributed by atoms with Crippen molar-refractivity contribution in [2.45, 2.75) is 5.91 Å². The fourth-order valence-corrected chi connectivity index (χ4v) is 1.94. The standard InChI is InChI=1S/C4H5N3O5S/c1-7-3(5)6-2(8)4(7)11-13(9,10)12-4/h1H3,(H2,5,6,8). The Labute approximate surface area is 73.2 Å². The summed E-state index contributed by atoms with van der Waals surface area (Å²) in [5, 5.41) is 0. The summed E-state index contributed by atoms with van der Waals surface area (Å²) in [5.74, 6) is -3.02. The first kappa shape index (κ1) is 8.41. The van der Waals surface area contributed by atoms with E-state index in [2.05, 4.69) is 13.4 Å². The molecule has 0 bridgehead atoms. The van der Waals surface area contributed by atoms with Crippen LogP contribution in [0, 0.1) is 0 Å². The zero-order chi connectivity index (χ0) is 9.85. The lowest BCUT2D eigenvalue weighted by atomic mass is 10.4. The van der Waals surface area contributed by atoms with Crippen LogP contribution in [0.5, 0.6) is 0 Å². The second-order valence-electron chi connectivity index (χ2n) is 2.49. The second kappa shape index (κ2) is 2.00. The van der Waals surface area contributed by atoms with Crippen molar-refractivity contribution in [1.29, 1.82) is 0 Å². The van der Waals surface area contributed by atoms with Crippen LogP contribution >= 0.6 is 0 Å². The molecule has 2 aliphatic heterocycles. The molecule has 13 heavy (non-hydrogen) atoms. The third-order valence-electron chi connectivity index (χ3n) is 1.70. The van der Waals surface area contributed by atoms with Gasteiger partial charge in [0.05, 0.1) is 0 Å². The highest BCUT2D eigenvalue weighted by Gasteiger charge is 2.65. The van der Waals surface area contributed by atoms with E-state index >= 15 is 0 Å². The molecule has 2 heterocycles. The van der Waals surface area contributed by atoms with Crippen LogP contribution in [0.4, 0.5) is 0 Å². The monoisotopic (exact) mass is 207 g/mol. The largest absolute Gasteiger partial charge is 0.409 e. The number of nitrogens with zero attached hydrogens (tertiary/aromatic N) is 2. The van der Waals surface area contributed by atoms with Gasteiger partial charge in [-0.2, -0.15) is 21.8 Å². The first-order valence-electron chi connectivity index (χ1n) is 3.16. The number of carbonyl (C=O) groups is 1. The molecule has 2 aliphatic rings. The van der Waals surface area contributed by atoms with Crippen molar-refractivity contribution in [2.24, 2.45) is 10.7 Å². The highest BCUT2D eigenvalue weighted by atomic mass is 32.3. The van der Waals surface area contributed by atoms with E-state index in [4.69, 9.17) is 5.73 Å². The Morgan fingerprint density at radius 2 is 2.08 bits per heavy atom. The van der Waals surface area contributed by atoms with E-state index in [-0.39, 0.29) is 5.96 Å². The first-order chi connectivity index (χ1) is 5.87. The van der Waals surface area contributed by atoms with Gasteiger partial charge >= 0.3 is 22.2 Å². The Kier molecular flexibility index (Phi) is 1.29. The molecule has 1 amide bonds. The van der Waals surface area contributed by atoms with Crippen LogP contribution in [-0.2, 0) is 23.6 Å². The minimum absolute atomic E-state index is 0.153. The van der Waals surface area contributed by atoms with E-state index in [1.54, 1.807) is 0 Å². The van der Waals surface area contributed by atoms with Gasteiger partial charge in [0.25, 0.3) is 0 Å². The Hall–Kier alpha value is -1.19. The van der Waals surface area contributed by atoms with Gasteiger partial charge in [0.2, 0.25) is 5.96 Å². The summed E-state index contributed by atoms with van der Waals surface area (Å²) in [6.07, 6.45) is 0. The van der Waals surface area contributed by atoms with Gasteiger partial charge in [0, 0.05) is 7.05 Å². The maximum absolute atomic E-state index is 11.1. The van der Waals surface area contributed by atoms with E-state index in [1.807, 2.05) is 0 Å². The molecule has 2 rings (SSSR count). The van der Waals surface area contributed by atoms with Crippen molar-refractivity contribution < 1.29 is 21.6 Å². The number of guanidine groups is 1. The van der Waals surface area contributed by atoms with Crippen molar-refractivity contribution >= 4 is 22.3 Å². The summed E-state index contributed by atoms with van der Waals surface area (Å²) in [7, 11) is -2.72. The molecule has 0 radical (unpaired) electrons. The summed E-state index contributed by atoms with van der Waals surface area (Å²) in [5.41, 5.74) is 5.24. The molecule has 2 N–H and O–H groups in total. The average Bonchev–Trinajstić information content (AvgIpc) is 2.13. The molecule has 0 saturated carbocycles. The van der Waals surface area contributed by atoms with Gasteiger partial charge in [-0.15, -0.1) is 0 Å². The third-order valence-corrected chi connectivity index (χ3v) is 2.56. The summed E-state index contributed by atoms with van der Waals surface area (Å²) >= 11 is 0. The van der Waals surface area contributed by atoms with Gasteiger partial charge in [0.15, 0.2) is 0 Å². The normalized spacial score (nSPS) is 28.8. The molecule has 1 fully saturated rings. The highest BCUT2D eigenvalue weighted by Crippen LogP contribution is 2.37. The van der Waals surface area contributed by atoms with E-state index in [0.29, 0.717) is 0 Å². The summed E-state index contributed by atoms with van der Waals surface area (Å²) in [6.45, 7) is 0. The first-order valence-corrected chi connectivity index (χ1v) is 4.49. The molecule has 8 nitrogen and oxygen atoms in total. The van der Waals surface area contributed by atoms with Crippen LogP contribution in [0.1, 0.15) is 0 Å². The molecule has 1 spiro atoms. The molecule has 0 aliphatic carbocycles. The molecular weight excluding hydrogens is 202 g/mol. The second-order valence-corrected chi connectivity index (χ2v) is 3.64. The predicted octanol–water partition coefficient (Wildman–Crippen LogP) is -2.28. The molecule has 0 atom stereocenters. The molecule has 0 aromatic rings. The van der Waals surface area contributed by atoms with Gasteiger partial charge in [-0.1, -0.05) is 0 Å². The number of likely N-dealkylation sites (N-methyl/N-ethyl adjacent to an activating group) is 1. The lowest BCUT2D eigenvalue weighted by molar-refractivity contribution is -0.233. The summed E-state index contributed by atoms with van der Waals surface area (Å²) in [4.78, 5) is 15.3. The lowest BCUT2D eigenvalue weighted by Crippen LogP contribution is -2.64.